The first kappa shape index (κ1) is 16.0. The molecule has 0 aliphatic heterocycles. The van der Waals surface area contributed by atoms with Crippen molar-refractivity contribution in [2.24, 2.45) is 0 Å². The lowest BCUT2D eigenvalue weighted by molar-refractivity contribution is 0.217. The number of sulfonamides is 1. The van der Waals surface area contributed by atoms with Crippen LogP contribution < -0.4 is 4.72 Å². The summed E-state index contributed by atoms with van der Waals surface area (Å²) in [6.45, 7) is 0.532. The quantitative estimate of drug-likeness (QED) is 0.791. The van der Waals surface area contributed by atoms with E-state index in [2.05, 4.69) is 14.7 Å². The SMILES string of the molecule is COCCS(=O)(=O)NCCc1csc(-c2ccncc2)n1. The number of rotatable bonds is 8. The van der Waals surface area contributed by atoms with Crippen molar-refractivity contribution in [3.05, 3.63) is 35.6 Å². The molecule has 0 amide bonds. The summed E-state index contributed by atoms with van der Waals surface area (Å²) in [7, 11) is -1.79. The first-order valence-electron chi connectivity index (χ1n) is 6.42. The van der Waals surface area contributed by atoms with Gasteiger partial charge in [-0.1, -0.05) is 0 Å². The third-order valence-electron chi connectivity index (χ3n) is 2.74. The minimum Gasteiger partial charge on any atom is -0.384 e. The molecule has 0 radical (unpaired) electrons. The van der Waals surface area contributed by atoms with E-state index in [-0.39, 0.29) is 12.4 Å². The Labute approximate surface area is 128 Å². The van der Waals surface area contributed by atoms with Gasteiger partial charge in [0.25, 0.3) is 0 Å². The molecule has 0 aromatic carbocycles. The zero-order valence-electron chi connectivity index (χ0n) is 11.7. The number of ether oxygens (including phenoxy) is 1. The van der Waals surface area contributed by atoms with E-state index in [0.717, 1.165) is 16.3 Å². The summed E-state index contributed by atoms with van der Waals surface area (Å²) in [5, 5.41) is 2.86. The van der Waals surface area contributed by atoms with E-state index < -0.39 is 10.0 Å². The van der Waals surface area contributed by atoms with Crippen molar-refractivity contribution in [2.45, 2.75) is 6.42 Å². The van der Waals surface area contributed by atoms with E-state index in [4.69, 9.17) is 4.74 Å². The Bertz CT molecular complexity index is 656. The van der Waals surface area contributed by atoms with E-state index in [1.54, 1.807) is 12.4 Å². The molecular formula is C13H17N3O3S2. The van der Waals surface area contributed by atoms with Crippen LogP contribution in [0.4, 0.5) is 0 Å². The highest BCUT2D eigenvalue weighted by atomic mass is 32.2. The van der Waals surface area contributed by atoms with E-state index in [1.807, 2.05) is 17.5 Å². The van der Waals surface area contributed by atoms with E-state index in [1.165, 1.54) is 18.4 Å². The van der Waals surface area contributed by atoms with Crippen LogP contribution in [0.15, 0.2) is 29.9 Å². The Balaban J connectivity index is 1.86. The Morgan fingerprint density at radius 3 is 2.81 bits per heavy atom. The van der Waals surface area contributed by atoms with Crippen LogP contribution in [-0.2, 0) is 21.2 Å². The maximum Gasteiger partial charge on any atom is 0.213 e. The molecule has 6 nitrogen and oxygen atoms in total. The largest absolute Gasteiger partial charge is 0.384 e. The third kappa shape index (κ3) is 5.16. The number of methoxy groups -OCH3 is 1. The Morgan fingerprint density at radius 2 is 2.10 bits per heavy atom. The standard InChI is InChI=1S/C13H17N3O3S2/c1-19-8-9-21(17,18)15-7-4-12-10-20-13(16-12)11-2-5-14-6-3-11/h2-3,5-6,10,15H,4,7-9H2,1H3. The smallest absolute Gasteiger partial charge is 0.213 e. The molecule has 1 N–H and O–H groups in total. The fourth-order valence-corrected chi connectivity index (χ4v) is 3.45. The van der Waals surface area contributed by atoms with Crippen LogP contribution in [0.25, 0.3) is 10.6 Å². The summed E-state index contributed by atoms with van der Waals surface area (Å²) in [6, 6.07) is 3.80. The van der Waals surface area contributed by atoms with Gasteiger partial charge in [-0.2, -0.15) is 0 Å². The first-order chi connectivity index (χ1) is 10.1. The number of hydrogen-bond donors (Lipinski definition) is 1. The lowest BCUT2D eigenvalue weighted by Gasteiger charge is -2.04. The molecule has 0 saturated heterocycles. The van der Waals surface area contributed by atoms with E-state index in [0.29, 0.717) is 13.0 Å². The van der Waals surface area contributed by atoms with Gasteiger partial charge < -0.3 is 4.74 Å². The second-order valence-electron chi connectivity index (χ2n) is 4.34. The lowest BCUT2D eigenvalue weighted by Crippen LogP contribution is -2.30. The van der Waals surface area contributed by atoms with Crippen molar-refractivity contribution >= 4 is 21.4 Å². The lowest BCUT2D eigenvalue weighted by atomic mass is 10.3. The molecule has 0 aliphatic rings. The number of aromatic nitrogens is 2. The van der Waals surface area contributed by atoms with Gasteiger partial charge in [0.2, 0.25) is 10.0 Å². The number of nitrogens with one attached hydrogen (secondary N) is 1. The van der Waals surface area contributed by atoms with E-state index in [9.17, 15) is 8.42 Å². The van der Waals surface area contributed by atoms with Gasteiger partial charge in [0, 0.05) is 43.4 Å². The molecule has 8 heteroatoms. The molecule has 0 saturated carbocycles. The topological polar surface area (TPSA) is 81.2 Å². The number of hydrogen-bond acceptors (Lipinski definition) is 6. The molecular weight excluding hydrogens is 310 g/mol. The van der Waals surface area contributed by atoms with Crippen LogP contribution in [0.2, 0.25) is 0 Å². The molecule has 21 heavy (non-hydrogen) atoms. The van der Waals surface area contributed by atoms with Crippen molar-refractivity contribution in [2.75, 3.05) is 26.0 Å². The van der Waals surface area contributed by atoms with Crippen molar-refractivity contribution in [1.82, 2.24) is 14.7 Å². The summed E-state index contributed by atoms with van der Waals surface area (Å²) in [5.74, 6) is -0.0250. The molecule has 2 heterocycles. The van der Waals surface area contributed by atoms with Crippen LogP contribution in [0.3, 0.4) is 0 Å². The predicted octanol–water partition coefficient (Wildman–Crippen LogP) is 1.31. The highest BCUT2D eigenvalue weighted by Crippen LogP contribution is 2.22. The minimum absolute atomic E-state index is 0.0250. The molecule has 0 fully saturated rings. The predicted molar refractivity (Wildman–Crippen MR) is 82.7 cm³/mol. The van der Waals surface area contributed by atoms with Crippen LogP contribution >= 0.6 is 11.3 Å². The van der Waals surface area contributed by atoms with Crippen LogP contribution in [0.1, 0.15) is 5.69 Å². The van der Waals surface area contributed by atoms with Gasteiger partial charge in [-0.05, 0) is 12.1 Å². The molecule has 0 atom stereocenters. The molecule has 0 bridgehead atoms. The van der Waals surface area contributed by atoms with E-state index >= 15 is 0 Å². The average molecular weight is 327 g/mol. The zero-order chi connectivity index (χ0) is 15.1. The van der Waals surface area contributed by atoms with Gasteiger partial charge in [-0.3, -0.25) is 4.98 Å². The number of nitrogens with zero attached hydrogens (tertiary/aromatic N) is 2. The summed E-state index contributed by atoms with van der Waals surface area (Å²) < 4.78 is 30.5. The molecule has 2 aromatic rings. The van der Waals surface area contributed by atoms with Crippen molar-refractivity contribution in [3.8, 4) is 10.6 Å². The van der Waals surface area contributed by atoms with Gasteiger partial charge in [-0.25, -0.2) is 18.1 Å². The zero-order valence-corrected chi connectivity index (χ0v) is 13.3. The van der Waals surface area contributed by atoms with Gasteiger partial charge >= 0.3 is 0 Å². The maximum atomic E-state index is 11.6. The van der Waals surface area contributed by atoms with Crippen LogP contribution in [-0.4, -0.2) is 44.4 Å². The minimum atomic E-state index is -3.27. The fourth-order valence-electron chi connectivity index (χ4n) is 1.65. The summed E-state index contributed by atoms with van der Waals surface area (Å²) in [5.41, 5.74) is 1.89. The summed E-state index contributed by atoms with van der Waals surface area (Å²) >= 11 is 1.54. The van der Waals surface area contributed by atoms with Crippen molar-refractivity contribution in [1.29, 1.82) is 0 Å². The highest BCUT2D eigenvalue weighted by Gasteiger charge is 2.10. The van der Waals surface area contributed by atoms with Gasteiger partial charge in [0.05, 0.1) is 18.1 Å². The molecule has 114 valence electrons. The monoisotopic (exact) mass is 327 g/mol. The Hall–Kier alpha value is -1.35. The Kier molecular flexibility index (Phi) is 5.80. The van der Waals surface area contributed by atoms with Crippen LogP contribution in [0, 0.1) is 0 Å². The maximum absolute atomic E-state index is 11.6. The summed E-state index contributed by atoms with van der Waals surface area (Å²) in [4.78, 5) is 8.46. The van der Waals surface area contributed by atoms with Crippen LogP contribution in [0.5, 0.6) is 0 Å². The summed E-state index contributed by atoms with van der Waals surface area (Å²) in [6.07, 6.45) is 4.01. The fraction of sp³-hybridized carbons (Fsp3) is 0.385. The van der Waals surface area contributed by atoms with Gasteiger partial charge in [-0.15, -0.1) is 11.3 Å². The third-order valence-corrected chi connectivity index (χ3v) is 5.03. The van der Waals surface area contributed by atoms with Gasteiger partial charge in [0.1, 0.15) is 5.01 Å². The molecule has 0 unspecified atom stereocenters. The normalized spacial score (nSPS) is 11.7. The first-order valence-corrected chi connectivity index (χ1v) is 8.95. The second kappa shape index (κ2) is 7.60. The van der Waals surface area contributed by atoms with Crippen molar-refractivity contribution in [3.63, 3.8) is 0 Å². The second-order valence-corrected chi connectivity index (χ2v) is 7.12. The highest BCUT2D eigenvalue weighted by molar-refractivity contribution is 7.89. The molecule has 0 aliphatic carbocycles. The average Bonchev–Trinajstić information content (AvgIpc) is 2.95. The molecule has 2 rings (SSSR count). The van der Waals surface area contributed by atoms with Gasteiger partial charge in [0.15, 0.2) is 0 Å². The number of pyridine rings is 1. The number of thiazole rings is 1. The van der Waals surface area contributed by atoms with Crippen molar-refractivity contribution < 1.29 is 13.2 Å². The molecule has 2 aromatic heterocycles. The Morgan fingerprint density at radius 1 is 1.33 bits per heavy atom. The molecule has 0 spiro atoms.